The SMILES string of the molecule is CC#CCCC(NN)c1ccc(OC)c(C)c1. The van der Waals surface area contributed by atoms with Gasteiger partial charge in [-0.3, -0.25) is 11.3 Å². The Balaban J connectivity index is 2.80. The van der Waals surface area contributed by atoms with Crippen LogP contribution in [-0.2, 0) is 0 Å². The molecule has 0 saturated heterocycles. The van der Waals surface area contributed by atoms with Gasteiger partial charge in [0.2, 0.25) is 0 Å². The molecule has 0 radical (unpaired) electrons. The van der Waals surface area contributed by atoms with Crippen molar-refractivity contribution in [2.24, 2.45) is 5.84 Å². The molecule has 0 amide bonds. The first-order valence-electron chi connectivity index (χ1n) is 5.73. The maximum atomic E-state index is 5.58. The minimum atomic E-state index is 0.139. The van der Waals surface area contributed by atoms with Crippen molar-refractivity contribution in [2.45, 2.75) is 32.7 Å². The van der Waals surface area contributed by atoms with Crippen LogP contribution in [0.1, 0.15) is 36.9 Å². The Morgan fingerprint density at radius 2 is 2.24 bits per heavy atom. The Labute approximate surface area is 103 Å². The van der Waals surface area contributed by atoms with Gasteiger partial charge in [-0.25, -0.2) is 0 Å². The number of benzene rings is 1. The number of aryl methyl sites for hydroxylation is 1. The lowest BCUT2D eigenvalue weighted by Gasteiger charge is -2.16. The number of methoxy groups -OCH3 is 1. The van der Waals surface area contributed by atoms with Crippen LogP contribution in [0.5, 0.6) is 5.75 Å². The van der Waals surface area contributed by atoms with E-state index in [0.717, 1.165) is 24.2 Å². The highest BCUT2D eigenvalue weighted by molar-refractivity contribution is 5.37. The van der Waals surface area contributed by atoms with Gasteiger partial charge in [0, 0.05) is 12.5 Å². The van der Waals surface area contributed by atoms with Crippen molar-refractivity contribution in [3.63, 3.8) is 0 Å². The number of nitrogens with two attached hydrogens (primary N) is 1. The van der Waals surface area contributed by atoms with Crippen LogP contribution < -0.4 is 16.0 Å². The van der Waals surface area contributed by atoms with Gasteiger partial charge in [0.1, 0.15) is 5.75 Å². The Kier molecular flexibility index (Phi) is 5.55. The van der Waals surface area contributed by atoms with Crippen molar-refractivity contribution in [3.8, 4) is 17.6 Å². The minimum absolute atomic E-state index is 0.139. The number of nitrogens with one attached hydrogen (secondary N) is 1. The molecule has 0 aliphatic carbocycles. The molecular formula is C14H20N2O. The summed E-state index contributed by atoms with van der Waals surface area (Å²) in [5, 5.41) is 0. The molecule has 0 saturated carbocycles. The first-order chi connectivity index (χ1) is 8.22. The predicted octanol–water partition coefficient (Wildman–Crippen LogP) is 2.31. The van der Waals surface area contributed by atoms with Gasteiger partial charge in [-0.15, -0.1) is 11.8 Å². The van der Waals surface area contributed by atoms with Crippen molar-refractivity contribution < 1.29 is 4.74 Å². The maximum absolute atomic E-state index is 5.58. The number of hydrogen-bond acceptors (Lipinski definition) is 3. The molecule has 0 aliphatic rings. The van der Waals surface area contributed by atoms with Gasteiger partial charge in [0.05, 0.1) is 7.11 Å². The molecule has 1 rings (SSSR count). The average Bonchev–Trinajstić information content (AvgIpc) is 2.35. The third-order valence-electron chi connectivity index (χ3n) is 2.76. The second kappa shape index (κ2) is 6.95. The van der Waals surface area contributed by atoms with Crippen molar-refractivity contribution in [3.05, 3.63) is 29.3 Å². The first-order valence-corrected chi connectivity index (χ1v) is 5.73. The van der Waals surface area contributed by atoms with E-state index in [2.05, 4.69) is 23.3 Å². The number of rotatable bonds is 5. The van der Waals surface area contributed by atoms with Gasteiger partial charge in [0.15, 0.2) is 0 Å². The Morgan fingerprint density at radius 3 is 2.76 bits per heavy atom. The summed E-state index contributed by atoms with van der Waals surface area (Å²) in [5.74, 6) is 12.4. The van der Waals surface area contributed by atoms with Crippen molar-refractivity contribution >= 4 is 0 Å². The van der Waals surface area contributed by atoms with Crippen molar-refractivity contribution in [2.75, 3.05) is 7.11 Å². The van der Waals surface area contributed by atoms with Crippen LogP contribution in [-0.4, -0.2) is 7.11 Å². The zero-order valence-electron chi connectivity index (χ0n) is 10.7. The molecule has 0 bridgehead atoms. The van der Waals surface area contributed by atoms with Crippen LogP contribution >= 0.6 is 0 Å². The second-order valence-corrected chi connectivity index (χ2v) is 3.91. The van der Waals surface area contributed by atoms with E-state index >= 15 is 0 Å². The zero-order chi connectivity index (χ0) is 12.7. The van der Waals surface area contributed by atoms with E-state index < -0.39 is 0 Å². The van der Waals surface area contributed by atoms with E-state index in [9.17, 15) is 0 Å². The predicted molar refractivity (Wildman–Crippen MR) is 70.5 cm³/mol. The fourth-order valence-electron chi connectivity index (χ4n) is 1.81. The van der Waals surface area contributed by atoms with E-state index in [1.54, 1.807) is 7.11 Å². The second-order valence-electron chi connectivity index (χ2n) is 3.91. The highest BCUT2D eigenvalue weighted by atomic mass is 16.5. The van der Waals surface area contributed by atoms with Crippen molar-refractivity contribution in [1.82, 2.24) is 5.43 Å². The Hall–Kier alpha value is -1.50. The van der Waals surface area contributed by atoms with Crippen LogP contribution in [0.4, 0.5) is 0 Å². The molecule has 3 heteroatoms. The van der Waals surface area contributed by atoms with Crippen molar-refractivity contribution in [1.29, 1.82) is 0 Å². The summed E-state index contributed by atoms with van der Waals surface area (Å²) in [6.45, 7) is 3.88. The molecule has 0 aromatic heterocycles. The van der Waals surface area contributed by atoms with Crippen LogP contribution in [0.25, 0.3) is 0 Å². The summed E-state index contributed by atoms with van der Waals surface area (Å²) in [6, 6.07) is 6.25. The van der Waals surface area contributed by atoms with E-state index in [-0.39, 0.29) is 6.04 Å². The smallest absolute Gasteiger partial charge is 0.121 e. The molecule has 1 aromatic carbocycles. The van der Waals surface area contributed by atoms with E-state index in [0.29, 0.717) is 0 Å². The van der Waals surface area contributed by atoms with Gasteiger partial charge < -0.3 is 4.74 Å². The van der Waals surface area contributed by atoms with E-state index in [1.807, 2.05) is 26.0 Å². The normalized spacial score (nSPS) is 11.5. The Bertz CT molecular complexity index is 418. The molecule has 3 N–H and O–H groups in total. The minimum Gasteiger partial charge on any atom is -0.496 e. The molecule has 0 heterocycles. The molecule has 1 atom stereocenters. The van der Waals surface area contributed by atoms with Gasteiger partial charge >= 0.3 is 0 Å². The largest absolute Gasteiger partial charge is 0.496 e. The lowest BCUT2D eigenvalue weighted by molar-refractivity contribution is 0.411. The summed E-state index contributed by atoms with van der Waals surface area (Å²) in [7, 11) is 1.68. The van der Waals surface area contributed by atoms with Crippen LogP contribution in [0, 0.1) is 18.8 Å². The van der Waals surface area contributed by atoms with Crippen LogP contribution in [0.2, 0.25) is 0 Å². The maximum Gasteiger partial charge on any atom is 0.121 e. The summed E-state index contributed by atoms with van der Waals surface area (Å²) in [4.78, 5) is 0. The van der Waals surface area contributed by atoms with Gasteiger partial charge in [-0.2, -0.15) is 0 Å². The van der Waals surface area contributed by atoms with Gasteiger partial charge in [-0.05, 0) is 37.5 Å². The first kappa shape index (κ1) is 13.6. The highest BCUT2D eigenvalue weighted by Gasteiger charge is 2.10. The van der Waals surface area contributed by atoms with Crippen LogP contribution in [0.3, 0.4) is 0 Å². The lowest BCUT2D eigenvalue weighted by Crippen LogP contribution is -2.27. The van der Waals surface area contributed by atoms with Crippen LogP contribution in [0.15, 0.2) is 18.2 Å². The molecule has 1 unspecified atom stereocenters. The fourth-order valence-corrected chi connectivity index (χ4v) is 1.81. The average molecular weight is 232 g/mol. The molecular weight excluding hydrogens is 212 g/mol. The van der Waals surface area contributed by atoms with E-state index in [1.165, 1.54) is 5.56 Å². The van der Waals surface area contributed by atoms with E-state index in [4.69, 9.17) is 10.6 Å². The summed E-state index contributed by atoms with van der Waals surface area (Å²) in [6.07, 6.45) is 1.75. The third-order valence-corrected chi connectivity index (χ3v) is 2.76. The zero-order valence-corrected chi connectivity index (χ0v) is 10.7. The topological polar surface area (TPSA) is 47.3 Å². The summed E-state index contributed by atoms with van der Waals surface area (Å²) < 4.78 is 5.24. The lowest BCUT2D eigenvalue weighted by atomic mass is 10.0. The number of hydrazine groups is 1. The molecule has 0 aliphatic heterocycles. The molecule has 3 nitrogen and oxygen atoms in total. The molecule has 0 fully saturated rings. The molecule has 0 spiro atoms. The Morgan fingerprint density at radius 1 is 1.47 bits per heavy atom. The molecule has 92 valence electrons. The number of hydrogen-bond donors (Lipinski definition) is 2. The van der Waals surface area contributed by atoms with Gasteiger partial charge in [0.25, 0.3) is 0 Å². The number of ether oxygens (including phenoxy) is 1. The molecule has 1 aromatic rings. The molecule has 17 heavy (non-hydrogen) atoms. The quantitative estimate of drug-likeness (QED) is 0.465. The summed E-state index contributed by atoms with van der Waals surface area (Å²) >= 11 is 0. The standard InChI is InChI=1S/C14H20N2O/c1-4-5-6-7-13(16-15)12-8-9-14(17-3)11(2)10-12/h8-10,13,16H,6-7,15H2,1-3H3. The highest BCUT2D eigenvalue weighted by Crippen LogP contribution is 2.24. The summed E-state index contributed by atoms with van der Waals surface area (Å²) in [5.41, 5.74) is 5.12. The third kappa shape index (κ3) is 3.77. The van der Waals surface area contributed by atoms with Gasteiger partial charge in [-0.1, -0.05) is 12.1 Å². The monoisotopic (exact) mass is 232 g/mol. The fraction of sp³-hybridized carbons (Fsp3) is 0.429.